The second-order valence-corrected chi connectivity index (χ2v) is 6.04. The summed E-state index contributed by atoms with van der Waals surface area (Å²) in [7, 11) is 1.61. The standard InChI is InChI=1S/C16H21N3O3/c1-16(2,3)18-13(20)8-9-14-17-15(19-22-14)11-6-5-7-12(10-11)21-4/h5-7,10H,8-9H2,1-4H3,(H,18,20). The number of aryl methyl sites for hydroxylation is 1. The molecule has 6 nitrogen and oxygen atoms in total. The molecule has 0 fully saturated rings. The van der Waals surface area contributed by atoms with Gasteiger partial charge in [-0.3, -0.25) is 4.79 Å². The molecule has 0 aliphatic rings. The minimum Gasteiger partial charge on any atom is -0.497 e. The van der Waals surface area contributed by atoms with Gasteiger partial charge in [-0.25, -0.2) is 0 Å². The topological polar surface area (TPSA) is 77.2 Å². The number of hydrogen-bond donors (Lipinski definition) is 1. The summed E-state index contributed by atoms with van der Waals surface area (Å²) in [4.78, 5) is 16.1. The van der Waals surface area contributed by atoms with Gasteiger partial charge in [0.1, 0.15) is 5.75 Å². The van der Waals surface area contributed by atoms with E-state index >= 15 is 0 Å². The van der Waals surface area contributed by atoms with Gasteiger partial charge in [-0.05, 0) is 32.9 Å². The minimum atomic E-state index is -0.238. The molecule has 6 heteroatoms. The average Bonchev–Trinajstić information content (AvgIpc) is 2.92. The Morgan fingerprint density at radius 1 is 1.36 bits per heavy atom. The van der Waals surface area contributed by atoms with Crippen LogP contribution in [0.2, 0.25) is 0 Å². The van der Waals surface area contributed by atoms with E-state index in [9.17, 15) is 4.79 Å². The predicted octanol–water partition coefficient (Wildman–Crippen LogP) is 2.59. The van der Waals surface area contributed by atoms with Crippen molar-refractivity contribution in [3.63, 3.8) is 0 Å². The Kier molecular flexibility index (Phi) is 4.80. The second kappa shape index (κ2) is 6.60. The van der Waals surface area contributed by atoms with E-state index < -0.39 is 0 Å². The molecule has 0 aliphatic carbocycles. The zero-order valence-electron chi connectivity index (χ0n) is 13.3. The molecule has 0 radical (unpaired) electrons. The fraction of sp³-hybridized carbons (Fsp3) is 0.438. The van der Waals surface area contributed by atoms with Crippen LogP contribution in [0.3, 0.4) is 0 Å². The molecule has 118 valence electrons. The first-order chi connectivity index (χ1) is 10.4. The summed E-state index contributed by atoms with van der Waals surface area (Å²) < 4.78 is 10.4. The number of methoxy groups -OCH3 is 1. The van der Waals surface area contributed by atoms with Crippen LogP contribution in [0, 0.1) is 0 Å². The van der Waals surface area contributed by atoms with E-state index in [1.807, 2.05) is 45.0 Å². The van der Waals surface area contributed by atoms with Gasteiger partial charge in [0.25, 0.3) is 0 Å². The van der Waals surface area contributed by atoms with E-state index in [4.69, 9.17) is 9.26 Å². The third-order valence-electron chi connectivity index (χ3n) is 2.88. The molecule has 1 aromatic heterocycles. The molecule has 0 saturated heterocycles. The maximum atomic E-state index is 11.8. The summed E-state index contributed by atoms with van der Waals surface area (Å²) in [6.07, 6.45) is 0.732. The number of nitrogens with zero attached hydrogens (tertiary/aromatic N) is 2. The van der Waals surface area contributed by atoms with Crippen LogP contribution in [-0.2, 0) is 11.2 Å². The Hall–Kier alpha value is -2.37. The van der Waals surface area contributed by atoms with Crippen LogP contribution in [-0.4, -0.2) is 28.7 Å². The lowest BCUT2D eigenvalue weighted by atomic mass is 10.1. The van der Waals surface area contributed by atoms with Crippen LogP contribution < -0.4 is 10.1 Å². The van der Waals surface area contributed by atoms with Crippen molar-refractivity contribution in [3.05, 3.63) is 30.2 Å². The van der Waals surface area contributed by atoms with Crippen LogP contribution in [0.4, 0.5) is 0 Å². The van der Waals surface area contributed by atoms with Crippen molar-refractivity contribution in [2.45, 2.75) is 39.2 Å². The van der Waals surface area contributed by atoms with Crippen LogP contribution >= 0.6 is 0 Å². The number of ether oxygens (including phenoxy) is 1. The van der Waals surface area contributed by atoms with Crippen molar-refractivity contribution in [3.8, 4) is 17.1 Å². The molecular formula is C16H21N3O3. The largest absolute Gasteiger partial charge is 0.497 e. The Labute approximate surface area is 129 Å². The van der Waals surface area contributed by atoms with Gasteiger partial charge in [0, 0.05) is 23.9 Å². The number of nitrogens with one attached hydrogen (secondary N) is 1. The highest BCUT2D eigenvalue weighted by Crippen LogP contribution is 2.21. The van der Waals surface area contributed by atoms with Crippen LogP contribution in [0.1, 0.15) is 33.1 Å². The average molecular weight is 303 g/mol. The molecule has 0 aliphatic heterocycles. The Bertz CT molecular complexity index is 644. The second-order valence-electron chi connectivity index (χ2n) is 6.04. The normalized spacial score (nSPS) is 11.3. The van der Waals surface area contributed by atoms with Gasteiger partial charge in [0.15, 0.2) is 0 Å². The smallest absolute Gasteiger partial charge is 0.227 e. The number of carbonyl (C=O) groups is 1. The fourth-order valence-electron chi connectivity index (χ4n) is 1.94. The molecular weight excluding hydrogens is 282 g/mol. The van der Waals surface area contributed by atoms with Crippen LogP contribution in [0.15, 0.2) is 28.8 Å². The minimum absolute atomic E-state index is 0.0337. The van der Waals surface area contributed by atoms with Crippen LogP contribution in [0.25, 0.3) is 11.4 Å². The SMILES string of the molecule is COc1cccc(-c2noc(CCC(=O)NC(C)(C)C)n2)c1. The molecule has 1 aromatic carbocycles. The summed E-state index contributed by atoms with van der Waals surface area (Å²) in [5, 5.41) is 6.84. The Morgan fingerprint density at radius 3 is 2.82 bits per heavy atom. The monoisotopic (exact) mass is 303 g/mol. The maximum Gasteiger partial charge on any atom is 0.227 e. The molecule has 22 heavy (non-hydrogen) atoms. The zero-order chi connectivity index (χ0) is 16.2. The molecule has 2 rings (SSSR count). The van der Waals surface area contributed by atoms with Crippen molar-refractivity contribution >= 4 is 5.91 Å². The molecule has 0 atom stereocenters. The van der Waals surface area contributed by atoms with Crippen molar-refractivity contribution < 1.29 is 14.1 Å². The highest BCUT2D eigenvalue weighted by molar-refractivity contribution is 5.76. The predicted molar refractivity (Wildman–Crippen MR) is 82.5 cm³/mol. The van der Waals surface area contributed by atoms with E-state index in [2.05, 4.69) is 15.5 Å². The molecule has 0 spiro atoms. The first-order valence-electron chi connectivity index (χ1n) is 7.15. The Morgan fingerprint density at radius 2 is 2.14 bits per heavy atom. The number of hydrogen-bond acceptors (Lipinski definition) is 5. The summed E-state index contributed by atoms with van der Waals surface area (Å²) in [5.41, 5.74) is 0.575. The summed E-state index contributed by atoms with van der Waals surface area (Å²) in [5.74, 6) is 1.63. The lowest BCUT2D eigenvalue weighted by Crippen LogP contribution is -2.40. The van der Waals surface area contributed by atoms with Crippen molar-refractivity contribution in [2.75, 3.05) is 7.11 Å². The maximum absolute atomic E-state index is 11.8. The molecule has 1 amide bonds. The van der Waals surface area contributed by atoms with Crippen molar-refractivity contribution in [2.24, 2.45) is 0 Å². The quantitative estimate of drug-likeness (QED) is 0.918. The number of aromatic nitrogens is 2. The van der Waals surface area contributed by atoms with E-state index in [0.29, 0.717) is 24.6 Å². The van der Waals surface area contributed by atoms with E-state index in [-0.39, 0.29) is 11.4 Å². The van der Waals surface area contributed by atoms with Gasteiger partial charge in [-0.1, -0.05) is 17.3 Å². The molecule has 1 N–H and O–H groups in total. The number of carbonyl (C=O) groups excluding carboxylic acids is 1. The Balaban J connectivity index is 1.98. The molecule has 1 heterocycles. The fourth-order valence-corrected chi connectivity index (χ4v) is 1.94. The lowest BCUT2D eigenvalue weighted by molar-refractivity contribution is -0.122. The first kappa shape index (κ1) is 16.0. The van der Waals surface area contributed by atoms with E-state index in [1.165, 1.54) is 0 Å². The van der Waals surface area contributed by atoms with E-state index in [0.717, 1.165) is 11.3 Å². The third-order valence-corrected chi connectivity index (χ3v) is 2.88. The van der Waals surface area contributed by atoms with Gasteiger partial charge < -0.3 is 14.6 Å². The van der Waals surface area contributed by atoms with Crippen molar-refractivity contribution in [1.82, 2.24) is 15.5 Å². The highest BCUT2D eigenvalue weighted by Gasteiger charge is 2.15. The van der Waals surface area contributed by atoms with Crippen LogP contribution in [0.5, 0.6) is 5.75 Å². The summed E-state index contributed by atoms with van der Waals surface area (Å²) >= 11 is 0. The van der Waals surface area contributed by atoms with Gasteiger partial charge in [0.2, 0.25) is 17.6 Å². The van der Waals surface area contributed by atoms with Gasteiger partial charge in [-0.2, -0.15) is 4.98 Å². The third kappa shape index (κ3) is 4.58. The van der Waals surface area contributed by atoms with E-state index in [1.54, 1.807) is 7.11 Å². The lowest BCUT2D eigenvalue weighted by Gasteiger charge is -2.20. The number of benzene rings is 1. The summed E-state index contributed by atoms with van der Waals surface area (Å²) in [6, 6.07) is 7.42. The molecule has 0 saturated carbocycles. The summed E-state index contributed by atoms with van der Waals surface area (Å²) in [6.45, 7) is 5.83. The zero-order valence-corrected chi connectivity index (χ0v) is 13.3. The van der Waals surface area contributed by atoms with Crippen molar-refractivity contribution in [1.29, 1.82) is 0 Å². The number of rotatable bonds is 5. The highest BCUT2D eigenvalue weighted by atomic mass is 16.5. The van der Waals surface area contributed by atoms with Gasteiger partial charge >= 0.3 is 0 Å². The first-order valence-corrected chi connectivity index (χ1v) is 7.15. The van der Waals surface area contributed by atoms with Gasteiger partial charge in [-0.15, -0.1) is 0 Å². The molecule has 0 unspecified atom stereocenters. The van der Waals surface area contributed by atoms with Gasteiger partial charge in [0.05, 0.1) is 7.11 Å². The number of amides is 1. The molecule has 0 bridgehead atoms. The molecule has 2 aromatic rings.